The summed E-state index contributed by atoms with van der Waals surface area (Å²) in [4.78, 5) is 10.9. The fraction of sp³-hybridized carbons (Fsp3) is 0.571. The maximum absolute atomic E-state index is 10.9. The van der Waals surface area contributed by atoms with Gasteiger partial charge in [0.1, 0.15) is 0 Å². The van der Waals surface area contributed by atoms with Gasteiger partial charge >= 0.3 is 0 Å². The predicted molar refractivity (Wildman–Crippen MR) is 50.7 cm³/mol. The summed E-state index contributed by atoms with van der Waals surface area (Å²) in [5.74, 6) is 1.93. The fourth-order valence-electron chi connectivity index (χ4n) is 0.341. The van der Waals surface area contributed by atoms with Crippen molar-refractivity contribution in [3.05, 3.63) is 12.2 Å². The minimum absolute atomic E-state index is 0.119. The highest BCUT2D eigenvalue weighted by Crippen LogP contribution is 2.09. The molecule has 0 atom stereocenters. The second kappa shape index (κ2) is 5.86. The van der Waals surface area contributed by atoms with Crippen LogP contribution in [0.25, 0.3) is 0 Å². The number of hydrogen-bond donors (Lipinski definition) is 0. The molecule has 0 aliphatic rings. The molecular weight excluding hydrogens is 164 g/mol. The quantitative estimate of drug-likeness (QED) is 0.483. The first-order chi connectivity index (χ1) is 4.68. The van der Waals surface area contributed by atoms with Crippen molar-refractivity contribution in [2.75, 3.05) is 17.8 Å². The van der Waals surface area contributed by atoms with Crippen LogP contribution in [0.5, 0.6) is 0 Å². The number of carbonyl (C=O) groups excluding carboxylic acids is 1. The summed E-state index contributed by atoms with van der Waals surface area (Å²) in [6.07, 6.45) is 2.03. The Kier molecular flexibility index (Phi) is 5.93. The molecule has 0 aromatic carbocycles. The number of carbonyl (C=O) groups is 1. The second-order valence-electron chi connectivity index (χ2n) is 1.91. The molecule has 0 unspecified atom stereocenters. The van der Waals surface area contributed by atoms with Gasteiger partial charge in [0.25, 0.3) is 0 Å². The Balaban J connectivity index is 3.31. The van der Waals surface area contributed by atoms with E-state index in [1.54, 1.807) is 18.7 Å². The molecule has 0 aromatic rings. The Hall–Kier alpha value is 0.110. The van der Waals surface area contributed by atoms with Gasteiger partial charge in [-0.3, -0.25) is 4.79 Å². The predicted octanol–water partition coefficient (Wildman–Crippen LogP) is 2.19. The van der Waals surface area contributed by atoms with Crippen LogP contribution in [0.2, 0.25) is 0 Å². The van der Waals surface area contributed by atoms with E-state index in [0.717, 1.165) is 11.5 Å². The van der Waals surface area contributed by atoms with Crippen molar-refractivity contribution in [2.45, 2.75) is 6.92 Å². The molecule has 0 aliphatic carbocycles. The Morgan fingerprint density at radius 3 is 2.50 bits per heavy atom. The van der Waals surface area contributed by atoms with E-state index >= 15 is 0 Å². The van der Waals surface area contributed by atoms with Crippen molar-refractivity contribution < 1.29 is 4.79 Å². The molecule has 0 saturated heterocycles. The van der Waals surface area contributed by atoms with Gasteiger partial charge in [-0.05, 0) is 18.8 Å². The molecule has 0 fully saturated rings. The molecule has 0 spiro atoms. The van der Waals surface area contributed by atoms with E-state index in [1.807, 2.05) is 6.26 Å². The van der Waals surface area contributed by atoms with Crippen LogP contribution in [0.15, 0.2) is 12.2 Å². The Morgan fingerprint density at radius 1 is 1.50 bits per heavy atom. The SMILES string of the molecule is C=C(C)C(=O)SCCSC. The van der Waals surface area contributed by atoms with Crippen LogP contribution in [0.3, 0.4) is 0 Å². The lowest BCUT2D eigenvalue weighted by Crippen LogP contribution is -1.94. The number of rotatable bonds is 4. The smallest absolute Gasteiger partial charge is 0.214 e. The average Bonchev–Trinajstić information content (AvgIpc) is 1.88. The van der Waals surface area contributed by atoms with Crippen LogP contribution in [-0.4, -0.2) is 22.9 Å². The van der Waals surface area contributed by atoms with Gasteiger partial charge < -0.3 is 0 Å². The van der Waals surface area contributed by atoms with E-state index in [1.165, 1.54) is 11.8 Å². The third kappa shape index (κ3) is 4.94. The van der Waals surface area contributed by atoms with Crippen molar-refractivity contribution in [1.82, 2.24) is 0 Å². The van der Waals surface area contributed by atoms with Gasteiger partial charge in [0.2, 0.25) is 5.12 Å². The highest BCUT2D eigenvalue weighted by molar-refractivity contribution is 8.14. The molecule has 0 N–H and O–H groups in total. The van der Waals surface area contributed by atoms with E-state index in [0.29, 0.717) is 5.57 Å². The van der Waals surface area contributed by atoms with Gasteiger partial charge in [-0.2, -0.15) is 11.8 Å². The molecule has 0 aliphatic heterocycles. The monoisotopic (exact) mass is 176 g/mol. The average molecular weight is 176 g/mol. The van der Waals surface area contributed by atoms with E-state index in [-0.39, 0.29) is 5.12 Å². The van der Waals surface area contributed by atoms with Crippen LogP contribution in [0, 0.1) is 0 Å². The van der Waals surface area contributed by atoms with E-state index < -0.39 is 0 Å². The number of hydrogen-bond acceptors (Lipinski definition) is 3. The summed E-state index contributed by atoms with van der Waals surface area (Å²) < 4.78 is 0. The maximum atomic E-state index is 10.9. The van der Waals surface area contributed by atoms with Crippen LogP contribution >= 0.6 is 23.5 Å². The zero-order valence-electron chi connectivity index (χ0n) is 6.35. The van der Waals surface area contributed by atoms with Crippen LogP contribution in [-0.2, 0) is 4.79 Å². The summed E-state index contributed by atoms with van der Waals surface area (Å²) in [6.45, 7) is 5.30. The zero-order chi connectivity index (χ0) is 7.98. The summed E-state index contributed by atoms with van der Waals surface area (Å²) in [5.41, 5.74) is 0.645. The molecule has 0 amide bonds. The van der Waals surface area contributed by atoms with Crippen molar-refractivity contribution >= 4 is 28.6 Å². The fourth-order valence-corrected chi connectivity index (χ4v) is 1.77. The van der Waals surface area contributed by atoms with Gasteiger partial charge in [-0.25, -0.2) is 0 Å². The standard InChI is InChI=1S/C7H12OS2/c1-6(2)7(8)10-5-4-9-3/h1,4-5H2,2-3H3. The first kappa shape index (κ1) is 10.1. The molecular formula is C7H12OS2. The van der Waals surface area contributed by atoms with Gasteiger partial charge in [-0.15, -0.1) is 0 Å². The Labute approximate surface area is 70.6 Å². The van der Waals surface area contributed by atoms with Gasteiger partial charge in [0, 0.05) is 11.5 Å². The van der Waals surface area contributed by atoms with Gasteiger partial charge in [-0.1, -0.05) is 18.3 Å². The highest BCUT2D eigenvalue weighted by atomic mass is 32.2. The van der Waals surface area contributed by atoms with E-state index in [2.05, 4.69) is 6.58 Å². The van der Waals surface area contributed by atoms with Crippen molar-refractivity contribution in [3.63, 3.8) is 0 Å². The van der Waals surface area contributed by atoms with Crippen LogP contribution < -0.4 is 0 Å². The third-order valence-corrected chi connectivity index (χ3v) is 2.76. The van der Waals surface area contributed by atoms with Gasteiger partial charge in [0.15, 0.2) is 0 Å². The lowest BCUT2D eigenvalue weighted by molar-refractivity contribution is -0.107. The topological polar surface area (TPSA) is 17.1 Å². The molecule has 10 heavy (non-hydrogen) atoms. The molecule has 0 bridgehead atoms. The Bertz CT molecular complexity index is 132. The van der Waals surface area contributed by atoms with Crippen molar-refractivity contribution in [2.24, 2.45) is 0 Å². The summed E-state index contributed by atoms with van der Waals surface area (Å²) in [5, 5.41) is 0.119. The lowest BCUT2D eigenvalue weighted by Gasteiger charge is -1.96. The van der Waals surface area contributed by atoms with Crippen molar-refractivity contribution in [3.8, 4) is 0 Å². The summed E-state index contributed by atoms with van der Waals surface area (Å²) in [6, 6.07) is 0. The van der Waals surface area contributed by atoms with Gasteiger partial charge in [0.05, 0.1) is 0 Å². The zero-order valence-corrected chi connectivity index (χ0v) is 7.98. The van der Waals surface area contributed by atoms with E-state index in [4.69, 9.17) is 0 Å². The molecule has 0 rings (SSSR count). The largest absolute Gasteiger partial charge is 0.282 e. The molecule has 0 saturated carbocycles. The second-order valence-corrected chi connectivity index (χ2v) is 3.96. The number of thioether (sulfide) groups is 2. The highest BCUT2D eigenvalue weighted by Gasteiger charge is 2.00. The minimum atomic E-state index is 0.119. The molecule has 0 aromatic heterocycles. The first-order valence-electron chi connectivity index (χ1n) is 3.00. The molecule has 0 radical (unpaired) electrons. The lowest BCUT2D eigenvalue weighted by atomic mass is 10.4. The third-order valence-electron chi connectivity index (χ3n) is 0.869. The molecule has 3 heteroatoms. The molecule has 58 valence electrons. The molecule has 1 nitrogen and oxygen atoms in total. The maximum Gasteiger partial charge on any atom is 0.214 e. The summed E-state index contributed by atoms with van der Waals surface area (Å²) >= 11 is 3.10. The van der Waals surface area contributed by atoms with Crippen LogP contribution in [0.1, 0.15) is 6.92 Å². The summed E-state index contributed by atoms with van der Waals surface area (Å²) in [7, 11) is 0. The Morgan fingerprint density at radius 2 is 2.10 bits per heavy atom. The van der Waals surface area contributed by atoms with Crippen molar-refractivity contribution in [1.29, 1.82) is 0 Å². The normalized spacial score (nSPS) is 9.40. The minimum Gasteiger partial charge on any atom is -0.282 e. The molecule has 0 heterocycles. The van der Waals surface area contributed by atoms with E-state index in [9.17, 15) is 4.79 Å². The van der Waals surface area contributed by atoms with Crippen LogP contribution in [0.4, 0.5) is 0 Å². The first-order valence-corrected chi connectivity index (χ1v) is 5.38.